The Bertz CT molecular complexity index is 1130. The molecule has 5 aliphatic rings. The van der Waals surface area contributed by atoms with Gasteiger partial charge in [0.25, 0.3) is 0 Å². The molecule has 4 saturated carbocycles. The van der Waals surface area contributed by atoms with Crippen molar-refractivity contribution in [3.63, 3.8) is 0 Å². The van der Waals surface area contributed by atoms with E-state index < -0.39 is 24.2 Å². The fourth-order valence-electron chi connectivity index (χ4n) is 11.3. The number of likely N-dealkylation sites (N-methyl/N-ethyl adjacent to an activating group) is 1. The summed E-state index contributed by atoms with van der Waals surface area (Å²) in [5.41, 5.74) is 0.608. The normalized spacial score (nSPS) is 35.6. The van der Waals surface area contributed by atoms with Crippen LogP contribution in [-0.2, 0) is 14.4 Å². The van der Waals surface area contributed by atoms with Crippen molar-refractivity contribution < 1.29 is 24.6 Å². The Kier molecular flexibility index (Phi) is 16.1. The van der Waals surface area contributed by atoms with Crippen LogP contribution in [0.4, 0.5) is 0 Å². The van der Waals surface area contributed by atoms with E-state index in [4.69, 9.17) is 9.57 Å². The number of methoxy groups -OCH3 is 1. The Morgan fingerprint density at radius 1 is 1.11 bits per heavy atom. The third-order valence-electron chi connectivity index (χ3n) is 14.5. The number of carbonyl (C=O) groups excluding carboxylic acids is 1. The highest BCUT2D eigenvalue weighted by Gasteiger charge is 2.57. The van der Waals surface area contributed by atoms with Gasteiger partial charge >= 0.3 is 0 Å². The molecule has 10 nitrogen and oxygen atoms in total. The van der Waals surface area contributed by atoms with Crippen LogP contribution in [0, 0.1) is 52.3 Å². The molecule has 5 fully saturated rings. The Balaban J connectivity index is 1.48. The lowest BCUT2D eigenvalue weighted by Crippen LogP contribution is -2.62. The monoisotopic (exact) mass is 750 g/mol. The third-order valence-corrected chi connectivity index (χ3v) is 14.5. The van der Waals surface area contributed by atoms with Gasteiger partial charge in [-0.15, -0.1) is 0 Å². The molecule has 4 aliphatic carbocycles. The minimum Gasteiger partial charge on any atom is -0.394 e. The first-order valence-corrected chi connectivity index (χ1v) is 21.4. The fourth-order valence-corrected chi connectivity index (χ4v) is 11.3. The topological polar surface area (TPSA) is 110 Å². The van der Waals surface area contributed by atoms with Crippen molar-refractivity contribution in [3.05, 3.63) is 0 Å². The molecule has 1 saturated heterocycles. The van der Waals surface area contributed by atoms with E-state index in [0.717, 1.165) is 64.5 Å². The zero-order valence-corrected chi connectivity index (χ0v) is 36.2. The predicted octanol–water partition coefficient (Wildman–Crippen LogP) is 5.27. The molecule has 1 amide bonds. The summed E-state index contributed by atoms with van der Waals surface area (Å²) < 4.78 is 6.47. The van der Waals surface area contributed by atoms with Crippen LogP contribution in [0.25, 0.3) is 0 Å². The largest absolute Gasteiger partial charge is 0.394 e. The minimum atomic E-state index is -0.799. The zero-order valence-electron chi connectivity index (χ0n) is 36.2. The maximum atomic E-state index is 14.3. The molecule has 1 aliphatic heterocycles. The van der Waals surface area contributed by atoms with Crippen LogP contribution in [0.2, 0.25) is 0 Å². The molecule has 5 unspecified atom stereocenters. The smallest absolute Gasteiger partial charge is 0.240 e. The van der Waals surface area contributed by atoms with Gasteiger partial charge in [0.2, 0.25) is 5.91 Å². The molecule has 310 valence electrons. The summed E-state index contributed by atoms with van der Waals surface area (Å²) in [6.07, 6.45) is 8.65. The first-order chi connectivity index (χ1) is 24.8. The molecule has 0 aromatic heterocycles. The highest BCUT2D eigenvalue weighted by molar-refractivity contribution is 5.82. The van der Waals surface area contributed by atoms with Crippen LogP contribution < -0.4 is 10.6 Å². The Labute approximate surface area is 324 Å². The van der Waals surface area contributed by atoms with Crippen LogP contribution in [-0.4, -0.2) is 135 Å². The number of nitrogens with zero attached hydrogens (tertiary/aromatic N) is 3. The number of aliphatic hydroxyl groups excluding tert-OH is 2. The molecular weight excluding hydrogens is 667 g/mol. The molecule has 2 bridgehead atoms. The number of carbonyl (C=O) groups is 1. The lowest BCUT2D eigenvalue weighted by atomic mass is 9.45. The first-order valence-electron chi connectivity index (χ1n) is 21.4. The zero-order chi connectivity index (χ0) is 39.4. The van der Waals surface area contributed by atoms with Gasteiger partial charge in [-0.05, 0) is 140 Å². The average molecular weight is 750 g/mol. The molecule has 1 heterocycles. The Morgan fingerprint density at radius 2 is 1.81 bits per heavy atom. The molecule has 5 rings (SSSR count). The summed E-state index contributed by atoms with van der Waals surface area (Å²) >= 11 is 0. The molecule has 14 atom stereocenters. The van der Waals surface area contributed by atoms with Crippen molar-refractivity contribution in [2.75, 3.05) is 61.5 Å². The number of hydrogen-bond donors (Lipinski definition) is 4. The predicted molar refractivity (Wildman–Crippen MR) is 215 cm³/mol. The van der Waals surface area contributed by atoms with Gasteiger partial charge in [0, 0.05) is 50.2 Å². The minimum absolute atomic E-state index is 0.0386. The summed E-state index contributed by atoms with van der Waals surface area (Å²) in [5.74, 6) is 2.15. The van der Waals surface area contributed by atoms with Crippen LogP contribution in [0.1, 0.15) is 113 Å². The van der Waals surface area contributed by atoms with Crippen LogP contribution in [0.3, 0.4) is 0 Å². The standard InChI is InChI=1S/C43H83N5O5/c1-27(47(11)12)20-30(17-15-19-44-33(25-46(9)10)23-42(4,5)6)34-18-14-16-31(40(34)52-13)24-48-39(38(29(3)50)37(26-49)53-48)41(51)45-36-22-32-21-35(28(36)2)43(32,7)8/h27-40,44,49-50H,14-26H2,1-13H3,(H,45,51)/t27?,28-,29-,30?,31?,32+,33-,34?,35-,36-,37-,38-,39-,40?/m0/s1. The second-order valence-corrected chi connectivity index (χ2v) is 20.4. The Morgan fingerprint density at radius 3 is 2.36 bits per heavy atom. The average Bonchev–Trinajstić information content (AvgIpc) is 3.44. The van der Waals surface area contributed by atoms with E-state index in [-0.39, 0.29) is 36.0 Å². The number of ether oxygens (including phenoxy) is 1. The number of hydrogen-bond acceptors (Lipinski definition) is 9. The van der Waals surface area contributed by atoms with Gasteiger partial charge in [0.15, 0.2) is 0 Å². The summed E-state index contributed by atoms with van der Waals surface area (Å²) in [7, 11) is 10.6. The van der Waals surface area contributed by atoms with E-state index in [0.29, 0.717) is 53.6 Å². The van der Waals surface area contributed by atoms with Gasteiger partial charge in [0.05, 0.1) is 18.8 Å². The first kappa shape index (κ1) is 44.9. The highest BCUT2D eigenvalue weighted by Crippen LogP contribution is 2.61. The van der Waals surface area contributed by atoms with E-state index in [1.807, 2.05) is 12.2 Å². The molecule has 4 N–H and O–H groups in total. The second kappa shape index (κ2) is 19.1. The van der Waals surface area contributed by atoms with E-state index >= 15 is 0 Å². The SMILES string of the molecule is COC1C(CN2O[C@@H](CO)[C@H]([C@H](C)O)[C@H]2C(=O)N[C@H]2C[C@H]3C[C@@H]([C@@H]2C)C3(C)C)CCCC1C(CCCN[C@H](CN(C)C)CC(C)(C)C)CC(C)N(C)C. The van der Waals surface area contributed by atoms with Crippen LogP contribution in [0.5, 0.6) is 0 Å². The lowest BCUT2D eigenvalue weighted by molar-refractivity contribution is -0.193. The van der Waals surface area contributed by atoms with Crippen LogP contribution >= 0.6 is 0 Å². The van der Waals surface area contributed by atoms with E-state index in [9.17, 15) is 15.0 Å². The van der Waals surface area contributed by atoms with Gasteiger partial charge in [-0.25, -0.2) is 0 Å². The maximum absolute atomic E-state index is 14.3. The van der Waals surface area contributed by atoms with Crippen LogP contribution in [0.15, 0.2) is 0 Å². The summed E-state index contributed by atoms with van der Waals surface area (Å²) in [6.45, 7) is 20.5. The van der Waals surface area contributed by atoms with Crippen molar-refractivity contribution in [3.8, 4) is 0 Å². The van der Waals surface area contributed by atoms with Gasteiger partial charge in [-0.3, -0.25) is 9.63 Å². The van der Waals surface area contributed by atoms with Crippen molar-refractivity contribution in [2.45, 2.75) is 156 Å². The third kappa shape index (κ3) is 11.2. The molecule has 10 heteroatoms. The van der Waals surface area contributed by atoms with Gasteiger partial charge in [0.1, 0.15) is 12.1 Å². The molecular formula is C43H83N5O5. The quantitative estimate of drug-likeness (QED) is 0.131. The summed E-state index contributed by atoms with van der Waals surface area (Å²) in [4.78, 5) is 25.4. The number of hydroxylamine groups is 2. The van der Waals surface area contributed by atoms with Gasteiger partial charge < -0.3 is 35.4 Å². The second-order valence-electron chi connectivity index (χ2n) is 20.4. The van der Waals surface area contributed by atoms with Crippen molar-refractivity contribution in [1.29, 1.82) is 0 Å². The molecule has 0 aromatic carbocycles. The number of amides is 1. The summed E-state index contributed by atoms with van der Waals surface area (Å²) in [6, 6.07) is 0.379. The van der Waals surface area contributed by atoms with Crippen molar-refractivity contribution in [2.24, 2.45) is 52.3 Å². The molecule has 53 heavy (non-hydrogen) atoms. The van der Waals surface area contributed by atoms with Crippen molar-refractivity contribution in [1.82, 2.24) is 25.5 Å². The Hall–Kier alpha value is -0.850. The van der Waals surface area contributed by atoms with Gasteiger partial charge in [-0.2, -0.15) is 5.06 Å². The fraction of sp³-hybridized carbons (Fsp3) is 0.977. The van der Waals surface area contributed by atoms with E-state index in [2.05, 4.69) is 97.1 Å². The molecule has 0 spiro atoms. The number of fused-ring (bicyclic) bond motifs is 2. The molecule has 0 aromatic rings. The number of rotatable bonds is 19. The molecule has 0 radical (unpaired) electrons. The lowest BCUT2D eigenvalue weighted by Gasteiger charge is -2.62. The van der Waals surface area contributed by atoms with E-state index in [1.165, 1.54) is 6.42 Å². The maximum Gasteiger partial charge on any atom is 0.240 e. The highest BCUT2D eigenvalue weighted by atomic mass is 16.7. The number of nitrogens with one attached hydrogen (secondary N) is 2. The van der Waals surface area contributed by atoms with Crippen molar-refractivity contribution >= 4 is 5.91 Å². The number of aliphatic hydroxyl groups is 2. The van der Waals surface area contributed by atoms with Gasteiger partial charge in [-0.1, -0.05) is 48.0 Å². The van der Waals surface area contributed by atoms with E-state index in [1.54, 1.807) is 6.92 Å². The summed E-state index contributed by atoms with van der Waals surface area (Å²) in [5, 5.41) is 30.6.